The summed E-state index contributed by atoms with van der Waals surface area (Å²) in [5.41, 5.74) is 1.17. The first-order valence-corrected chi connectivity index (χ1v) is 7.86. The zero-order valence-corrected chi connectivity index (χ0v) is 12.5. The number of aryl methyl sites for hydroxylation is 1. The van der Waals surface area contributed by atoms with Gasteiger partial charge in [-0.25, -0.2) is 8.42 Å². The van der Waals surface area contributed by atoms with Crippen LogP contribution in [0.3, 0.4) is 0 Å². The van der Waals surface area contributed by atoms with Crippen molar-refractivity contribution in [3.05, 3.63) is 28.2 Å². The first-order valence-electron chi connectivity index (χ1n) is 5.42. The second-order valence-electron chi connectivity index (χ2n) is 4.16. The van der Waals surface area contributed by atoms with Crippen LogP contribution in [0.15, 0.2) is 22.7 Å². The molecule has 0 radical (unpaired) electrons. The lowest BCUT2D eigenvalue weighted by Gasteiger charge is -2.10. The normalized spacial score (nSPS) is 12.5. The van der Waals surface area contributed by atoms with Crippen LogP contribution in [0.25, 0.3) is 0 Å². The number of halogens is 4. The summed E-state index contributed by atoms with van der Waals surface area (Å²) in [4.78, 5) is 0. The fourth-order valence-corrected chi connectivity index (χ4v) is 3.20. The number of nitrogens with one attached hydrogen (secondary N) is 1. The van der Waals surface area contributed by atoms with E-state index in [4.69, 9.17) is 0 Å². The van der Waals surface area contributed by atoms with E-state index in [1.54, 1.807) is 25.1 Å². The number of rotatable bonds is 5. The molecule has 1 aromatic rings. The quantitative estimate of drug-likeness (QED) is 0.867. The van der Waals surface area contributed by atoms with E-state index in [1.807, 2.05) is 0 Å². The second kappa shape index (κ2) is 6.13. The molecule has 0 saturated carbocycles. The predicted octanol–water partition coefficient (Wildman–Crippen LogP) is 3.84. The Kier molecular flexibility index (Phi) is 5.26. The molecule has 0 spiro atoms. The smallest absolute Gasteiger partial charge is 0.284 e. The molecule has 0 atom stereocenters. The molecule has 0 aromatic heterocycles. The van der Waals surface area contributed by atoms with E-state index in [0.29, 0.717) is 10.2 Å². The molecule has 0 amide bonds. The van der Waals surface area contributed by atoms with Crippen LogP contribution >= 0.6 is 15.9 Å². The van der Waals surface area contributed by atoms with E-state index < -0.39 is 34.8 Å². The zero-order chi connectivity index (χ0) is 14.7. The molecule has 1 rings (SSSR count). The molecule has 0 heterocycles. The van der Waals surface area contributed by atoms with Crippen LogP contribution in [0, 0.1) is 6.92 Å². The third-order valence-electron chi connectivity index (χ3n) is 2.19. The SMILES string of the molecule is Cc1cc(Br)cc(NS(=O)(=O)CCCC(F)(F)F)c1. The Morgan fingerprint density at radius 3 is 2.42 bits per heavy atom. The predicted molar refractivity (Wildman–Crippen MR) is 71.6 cm³/mol. The Balaban J connectivity index is 2.64. The molecule has 0 fully saturated rings. The highest BCUT2D eigenvalue weighted by atomic mass is 79.9. The number of hydrogen-bond donors (Lipinski definition) is 1. The van der Waals surface area contributed by atoms with Gasteiger partial charge in [0.05, 0.1) is 5.75 Å². The Hall–Kier alpha value is -0.760. The summed E-state index contributed by atoms with van der Waals surface area (Å²) < 4.78 is 62.0. The molecule has 8 heteroatoms. The van der Waals surface area contributed by atoms with Crippen molar-refractivity contribution in [2.75, 3.05) is 10.5 Å². The van der Waals surface area contributed by atoms with Crippen LogP contribution < -0.4 is 4.72 Å². The highest BCUT2D eigenvalue weighted by Gasteiger charge is 2.27. The van der Waals surface area contributed by atoms with Gasteiger partial charge in [-0.05, 0) is 37.1 Å². The lowest BCUT2D eigenvalue weighted by atomic mass is 10.2. The van der Waals surface area contributed by atoms with Gasteiger partial charge in [0.2, 0.25) is 10.0 Å². The number of sulfonamides is 1. The van der Waals surface area contributed by atoms with Gasteiger partial charge in [0, 0.05) is 16.6 Å². The first kappa shape index (κ1) is 16.3. The lowest BCUT2D eigenvalue weighted by molar-refractivity contribution is -0.134. The monoisotopic (exact) mass is 359 g/mol. The van der Waals surface area contributed by atoms with Gasteiger partial charge in [0.25, 0.3) is 0 Å². The highest BCUT2D eigenvalue weighted by molar-refractivity contribution is 9.10. The van der Waals surface area contributed by atoms with Gasteiger partial charge >= 0.3 is 6.18 Å². The number of anilines is 1. The summed E-state index contributed by atoms with van der Waals surface area (Å²) in [7, 11) is -3.76. The minimum absolute atomic E-state index is 0.332. The van der Waals surface area contributed by atoms with Crippen molar-refractivity contribution in [1.29, 1.82) is 0 Å². The van der Waals surface area contributed by atoms with Gasteiger partial charge in [-0.3, -0.25) is 4.72 Å². The molecular formula is C11H13BrF3NO2S. The van der Waals surface area contributed by atoms with Crippen LogP contribution in [-0.2, 0) is 10.0 Å². The topological polar surface area (TPSA) is 46.2 Å². The van der Waals surface area contributed by atoms with Crippen LogP contribution in [0.4, 0.5) is 18.9 Å². The van der Waals surface area contributed by atoms with Gasteiger partial charge in [-0.2, -0.15) is 13.2 Å². The summed E-state index contributed by atoms with van der Waals surface area (Å²) in [5.74, 6) is -0.557. The number of hydrogen-bond acceptors (Lipinski definition) is 2. The molecule has 0 unspecified atom stereocenters. The Bertz CT molecular complexity index is 523. The zero-order valence-electron chi connectivity index (χ0n) is 10.1. The fourth-order valence-electron chi connectivity index (χ4n) is 1.49. The lowest BCUT2D eigenvalue weighted by Crippen LogP contribution is -2.18. The molecule has 0 aliphatic heterocycles. The molecular weight excluding hydrogens is 347 g/mol. The summed E-state index contributed by atoms with van der Waals surface area (Å²) in [6.45, 7) is 1.78. The number of benzene rings is 1. The minimum Gasteiger partial charge on any atom is -0.284 e. The summed E-state index contributed by atoms with van der Waals surface area (Å²) >= 11 is 3.22. The Morgan fingerprint density at radius 2 is 1.89 bits per heavy atom. The molecule has 0 aliphatic carbocycles. The molecule has 19 heavy (non-hydrogen) atoms. The van der Waals surface area contributed by atoms with Crippen LogP contribution in [-0.4, -0.2) is 20.3 Å². The van der Waals surface area contributed by atoms with Crippen molar-refractivity contribution in [3.63, 3.8) is 0 Å². The van der Waals surface area contributed by atoms with E-state index in [2.05, 4.69) is 20.7 Å². The van der Waals surface area contributed by atoms with Crippen molar-refractivity contribution >= 4 is 31.6 Å². The maximum absolute atomic E-state index is 11.9. The van der Waals surface area contributed by atoms with Crippen molar-refractivity contribution in [3.8, 4) is 0 Å². The maximum Gasteiger partial charge on any atom is 0.389 e. The molecule has 1 aromatic carbocycles. The van der Waals surface area contributed by atoms with Gasteiger partial charge in [0.1, 0.15) is 0 Å². The van der Waals surface area contributed by atoms with Gasteiger partial charge < -0.3 is 0 Å². The first-order chi connectivity index (χ1) is 8.57. The van der Waals surface area contributed by atoms with Crippen molar-refractivity contribution in [2.45, 2.75) is 25.9 Å². The van der Waals surface area contributed by atoms with E-state index in [9.17, 15) is 21.6 Å². The van der Waals surface area contributed by atoms with Gasteiger partial charge in [-0.15, -0.1) is 0 Å². The van der Waals surface area contributed by atoms with E-state index in [0.717, 1.165) is 5.56 Å². The second-order valence-corrected chi connectivity index (χ2v) is 6.91. The van der Waals surface area contributed by atoms with E-state index >= 15 is 0 Å². The standard InChI is InChI=1S/C11H13BrF3NO2S/c1-8-5-9(12)7-10(6-8)16-19(17,18)4-2-3-11(13,14)15/h5-7,16H,2-4H2,1H3. The van der Waals surface area contributed by atoms with Crippen LogP contribution in [0.1, 0.15) is 18.4 Å². The largest absolute Gasteiger partial charge is 0.389 e. The maximum atomic E-state index is 11.9. The highest BCUT2D eigenvalue weighted by Crippen LogP contribution is 2.23. The Morgan fingerprint density at radius 1 is 1.26 bits per heavy atom. The summed E-state index contributed by atoms with van der Waals surface area (Å²) in [6, 6.07) is 4.95. The van der Waals surface area contributed by atoms with Gasteiger partial charge in [0.15, 0.2) is 0 Å². The average molecular weight is 360 g/mol. The van der Waals surface area contributed by atoms with E-state index in [-0.39, 0.29) is 0 Å². The van der Waals surface area contributed by atoms with Crippen molar-refractivity contribution in [2.24, 2.45) is 0 Å². The molecule has 0 aliphatic rings. The molecule has 0 bridgehead atoms. The fraction of sp³-hybridized carbons (Fsp3) is 0.455. The summed E-state index contributed by atoms with van der Waals surface area (Å²) in [6.07, 6.45) is -5.89. The van der Waals surface area contributed by atoms with Crippen molar-refractivity contribution < 1.29 is 21.6 Å². The molecule has 108 valence electrons. The van der Waals surface area contributed by atoms with Gasteiger partial charge in [-0.1, -0.05) is 15.9 Å². The van der Waals surface area contributed by atoms with Crippen molar-refractivity contribution in [1.82, 2.24) is 0 Å². The van der Waals surface area contributed by atoms with E-state index in [1.165, 1.54) is 0 Å². The molecule has 0 saturated heterocycles. The Labute approximate surface area is 118 Å². The third-order valence-corrected chi connectivity index (χ3v) is 4.02. The molecule has 1 N–H and O–H groups in total. The average Bonchev–Trinajstić information content (AvgIpc) is 2.11. The third kappa shape index (κ3) is 6.81. The summed E-state index contributed by atoms with van der Waals surface area (Å²) in [5, 5.41) is 0. The van der Waals surface area contributed by atoms with Crippen LogP contribution in [0.5, 0.6) is 0 Å². The number of alkyl halides is 3. The van der Waals surface area contributed by atoms with Crippen LogP contribution in [0.2, 0.25) is 0 Å². The molecule has 3 nitrogen and oxygen atoms in total. The minimum atomic E-state index is -4.33.